The van der Waals surface area contributed by atoms with Crippen molar-refractivity contribution >= 4 is 5.71 Å². The number of hydrogen-bond acceptors (Lipinski definition) is 1. The van der Waals surface area contributed by atoms with Gasteiger partial charge in [-0.3, -0.25) is 4.99 Å². The van der Waals surface area contributed by atoms with Crippen LogP contribution in [0.25, 0.3) is 0 Å². The van der Waals surface area contributed by atoms with Crippen molar-refractivity contribution in [3.63, 3.8) is 0 Å². The average Bonchev–Trinajstić information content (AvgIpc) is 2.05. The van der Waals surface area contributed by atoms with E-state index < -0.39 is 0 Å². The van der Waals surface area contributed by atoms with Crippen LogP contribution < -0.4 is 0 Å². The van der Waals surface area contributed by atoms with Gasteiger partial charge in [0, 0.05) is 12.1 Å². The minimum absolute atomic E-state index is 1.00. The van der Waals surface area contributed by atoms with Crippen LogP contribution in [-0.2, 0) is 0 Å². The van der Waals surface area contributed by atoms with Gasteiger partial charge >= 0.3 is 0 Å². The molecule has 0 N–H and O–H groups in total. The molecule has 54 valence electrons. The Labute approximate surface area is 62.2 Å². The molecule has 0 saturated heterocycles. The van der Waals surface area contributed by atoms with Crippen LogP contribution in [0.5, 0.6) is 0 Å². The summed E-state index contributed by atoms with van der Waals surface area (Å²) in [6.45, 7) is 4.25. The van der Waals surface area contributed by atoms with E-state index in [4.69, 9.17) is 0 Å². The van der Waals surface area contributed by atoms with Crippen LogP contribution >= 0.6 is 0 Å². The summed E-state index contributed by atoms with van der Waals surface area (Å²) in [6, 6.07) is 0. The van der Waals surface area contributed by atoms with Crippen molar-refractivity contribution < 1.29 is 0 Å². The number of nitrogens with zero attached hydrogens (tertiary/aromatic N) is 1. The first kappa shape index (κ1) is 7.30. The van der Waals surface area contributed by atoms with Gasteiger partial charge in [0.2, 0.25) is 0 Å². The summed E-state index contributed by atoms with van der Waals surface area (Å²) in [7, 11) is 0. The Hall–Kier alpha value is -0.810. The van der Waals surface area contributed by atoms with Crippen molar-refractivity contribution in [1.82, 2.24) is 0 Å². The molecule has 0 aromatic carbocycles. The van der Waals surface area contributed by atoms with Crippen molar-refractivity contribution in [2.24, 2.45) is 4.99 Å². The molecule has 0 aliphatic carbocycles. The normalized spacial score (nSPS) is 16.6. The van der Waals surface area contributed by atoms with Crippen molar-refractivity contribution in [1.29, 1.82) is 0 Å². The monoisotopic (exact) mass is 135 g/mol. The quantitative estimate of drug-likeness (QED) is 0.516. The summed E-state index contributed by atoms with van der Waals surface area (Å²) in [5, 5.41) is 0. The van der Waals surface area contributed by atoms with Crippen molar-refractivity contribution in [3.05, 3.63) is 17.5 Å². The molecule has 1 rings (SSSR count). The van der Waals surface area contributed by atoms with Crippen molar-refractivity contribution in [3.8, 4) is 0 Å². The Kier molecular flexibility index (Phi) is 2.47. The molecule has 1 aliphatic heterocycles. The van der Waals surface area contributed by atoms with E-state index in [1.54, 1.807) is 0 Å². The van der Waals surface area contributed by atoms with Gasteiger partial charge < -0.3 is 0 Å². The standard InChI is InChI=1S/C9H13N/c1-3-8-6-5-7-9(4-2)10-8/h5H,3-4,6H2,1-2H3. The van der Waals surface area contributed by atoms with Crippen molar-refractivity contribution in [2.45, 2.75) is 33.1 Å². The van der Waals surface area contributed by atoms with E-state index in [9.17, 15) is 0 Å². The van der Waals surface area contributed by atoms with Crippen molar-refractivity contribution in [2.75, 3.05) is 0 Å². The molecule has 0 unspecified atom stereocenters. The predicted octanol–water partition coefficient (Wildman–Crippen LogP) is 2.69. The van der Waals surface area contributed by atoms with Gasteiger partial charge in [0.25, 0.3) is 0 Å². The lowest BCUT2D eigenvalue weighted by molar-refractivity contribution is 1.04. The van der Waals surface area contributed by atoms with Gasteiger partial charge in [0.15, 0.2) is 0 Å². The Morgan fingerprint density at radius 3 is 2.90 bits per heavy atom. The zero-order valence-corrected chi connectivity index (χ0v) is 6.65. The molecule has 0 aromatic rings. The SMILES string of the molecule is CCC1=C=CCC(CC)=N1. The van der Waals surface area contributed by atoms with Gasteiger partial charge in [-0.1, -0.05) is 13.8 Å². The zero-order chi connectivity index (χ0) is 7.40. The maximum atomic E-state index is 4.41. The highest BCUT2D eigenvalue weighted by Gasteiger charge is 1.98. The van der Waals surface area contributed by atoms with Crippen LogP contribution in [0.15, 0.2) is 22.5 Å². The van der Waals surface area contributed by atoms with Crippen LogP contribution in [0.3, 0.4) is 0 Å². The average molecular weight is 135 g/mol. The lowest BCUT2D eigenvalue weighted by atomic mass is 10.1. The predicted molar refractivity (Wildman–Crippen MR) is 44.2 cm³/mol. The topological polar surface area (TPSA) is 12.4 Å². The first-order chi connectivity index (χ1) is 4.86. The van der Waals surface area contributed by atoms with Gasteiger partial charge in [-0.25, -0.2) is 0 Å². The van der Waals surface area contributed by atoms with E-state index in [0.717, 1.165) is 25.0 Å². The van der Waals surface area contributed by atoms with Crippen LogP contribution in [0, 0.1) is 0 Å². The first-order valence-corrected chi connectivity index (χ1v) is 3.87. The summed E-state index contributed by atoms with van der Waals surface area (Å²) >= 11 is 0. The molecular weight excluding hydrogens is 122 g/mol. The van der Waals surface area contributed by atoms with E-state index in [2.05, 4.69) is 30.6 Å². The third-order valence-electron chi connectivity index (χ3n) is 1.64. The Balaban J connectivity index is 2.74. The van der Waals surface area contributed by atoms with Gasteiger partial charge in [-0.2, -0.15) is 0 Å². The second kappa shape index (κ2) is 3.38. The third kappa shape index (κ3) is 1.58. The van der Waals surface area contributed by atoms with Gasteiger partial charge in [0.1, 0.15) is 0 Å². The minimum Gasteiger partial charge on any atom is -0.254 e. The number of allylic oxidation sites excluding steroid dienone is 1. The molecule has 0 spiro atoms. The zero-order valence-electron chi connectivity index (χ0n) is 6.65. The van der Waals surface area contributed by atoms with E-state index in [1.165, 1.54) is 5.71 Å². The molecule has 10 heavy (non-hydrogen) atoms. The fourth-order valence-electron chi connectivity index (χ4n) is 0.960. The highest BCUT2D eigenvalue weighted by Crippen LogP contribution is 2.09. The summed E-state index contributed by atoms with van der Waals surface area (Å²) < 4.78 is 0. The second-order valence-electron chi connectivity index (χ2n) is 2.38. The molecule has 0 radical (unpaired) electrons. The summed E-state index contributed by atoms with van der Waals surface area (Å²) in [6.07, 6.45) is 5.15. The van der Waals surface area contributed by atoms with Crippen LogP contribution in [0.1, 0.15) is 33.1 Å². The van der Waals surface area contributed by atoms with E-state index >= 15 is 0 Å². The molecule has 0 fully saturated rings. The fourth-order valence-corrected chi connectivity index (χ4v) is 0.960. The van der Waals surface area contributed by atoms with E-state index in [-0.39, 0.29) is 0 Å². The maximum Gasteiger partial charge on any atom is 0.0814 e. The summed E-state index contributed by atoms with van der Waals surface area (Å²) in [4.78, 5) is 4.41. The van der Waals surface area contributed by atoms with E-state index in [1.807, 2.05) is 0 Å². The summed E-state index contributed by atoms with van der Waals surface area (Å²) in [5.41, 5.74) is 5.52. The molecule has 1 heterocycles. The Bertz CT molecular complexity index is 205. The smallest absolute Gasteiger partial charge is 0.0814 e. The second-order valence-corrected chi connectivity index (χ2v) is 2.38. The maximum absolute atomic E-state index is 4.41. The van der Waals surface area contributed by atoms with E-state index in [0.29, 0.717) is 0 Å². The Morgan fingerprint density at radius 1 is 1.50 bits per heavy atom. The van der Waals surface area contributed by atoms with Crippen LogP contribution in [0.4, 0.5) is 0 Å². The van der Waals surface area contributed by atoms with Gasteiger partial charge in [-0.15, -0.1) is 5.73 Å². The molecule has 1 heteroatoms. The minimum atomic E-state index is 1.00. The number of aliphatic imine (C=N–C) groups is 1. The number of hydrogen-bond donors (Lipinski definition) is 0. The molecule has 0 saturated carbocycles. The molecule has 1 aliphatic rings. The Morgan fingerprint density at radius 2 is 2.30 bits per heavy atom. The fraction of sp³-hybridized carbons (Fsp3) is 0.556. The number of rotatable bonds is 2. The van der Waals surface area contributed by atoms with Crippen LogP contribution in [-0.4, -0.2) is 5.71 Å². The lowest BCUT2D eigenvalue weighted by Crippen LogP contribution is -1.97. The third-order valence-corrected chi connectivity index (χ3v) is 1.64. The van der Waals surface area contributed by atoms with Crippen LogP contribution in [0.2, 0.25) is 0 Å². The van der Waals surface area contributed by atoms with Gasteiger partial charge in [0.05, 0.1) is 5.70 Å². The molecule has 0 atom stereocenters. The first-order valence-electron chi connectivity index (χ1n) is 3.87. The molecule has 0 aromatic heterocycles. The molecule has 0 amide bonds. The highest BCUT2D eigenvalue weighted by molar-refractivity contribution is 5.87. The molecule has 0 bridgehead atoms. The largest absolute Gasteiger partial charge is 0.254 e. The molecule has 1 nitrogen and oxygen atoms in total. The highest BCUT2D eigenvalue weighted by atomic mass is 14.8. The summed E-state index contributed by atoms with van der Waals surface area (Å²) in [5.74, 6) is 0. The van der Waals surface area contributed by atoms with Gasteiger partial charge in [-0.05, 0) is 18.9 Å². The molecular formula is C9H13N. The lowest BCUT2D eigenvalue weighted by Gasteiger charge is -2.03.